The van der Waals surface area contributed by atoms with Gasteiger partial charge in [0, 0.05) is 0 Å². The van der Waals surface area contributed by atoms with Crippen LogP contribution in [0.4, 0.5) is 0 Å². The molecule has 0 saturated heterocycles. The Labute approximate surface area is 192 Å². The Morgan fingerprint density at radius 2 is 1.53 bits per heavy atom. The summed E-state index contributed by atoms with van der Waals surface area (Å²) in [6.45, 7) is 2.16. The molecule has 0 atom stereocenters. The van der Waals surface area contributed by atoms with Crippen LogP contribution < -0.4 is 9.47 Å². The topological polar surface area (TPSA) is 76.4 Å². The van der Waals surface area contributed by atoms with E-state index >= 15 is 0 Å². The van der Waals surface area contributed by atoms with Crippen LogP contribution in [0.2, 0.25) is 5.02 Å². The first-order valence-electron chi connectivity index (χ1n) is 10.3. The van der Waals surface area contributed by atoms with Gasteiger partial charge in [0.25, 0.3) is 0 Å². The minimum atomic E-state index is -0.617. The number of carbonyl (C=O) groups excluding carboxylic acids is 2. The van der Waals surface area contributed by atoms with Gasteiger partial charge in [0.2, 0.25) is 0 Å². The number of hydrogen-bond acceptors (Lipinski definition) is 5. The fourth-order valence-corrected chi connectivity index (χ4v) is 3.24. The molecule has 0 aliphatic heterocycles. The van der Waals surface area contributed by atoms with E-state index in [0.29, 0.717) is 16.9 Å². The number of nitrogens with zero attached hydrogens (tertiary/aromatic N) is 1. The number of hydrogen-bond donors (Lipinski definition) is 0. The van der Waals surface area contributed by atoms with Gasteiger partial charge in [0.1, 0.15) is 11.5 Å². The fraction of sp³-hybridized carbons (Fsp3) is 0.192. The molecule has 0 aromatic heterocycles. The van der Waals surface area contributed by atoms with Gasteiger partial charge in [-0.25, -0.2) is 9.59 Å². The Morgan fingerprint density at radius 1 is 0.875 bits per heavy atom. The number of aryl methyl sites for hydroxylation is 1. The van der Waals surface area contributed by atoms with Gasteiger partial charge in [-0.05, 0) is 73.0 Å². The molecule has 3 aromatic rings. The van der Waals surface area contributed by atoms with Crippen molar-refractivity contribution in [2.75, 3.05) is 0 Å². The van der Waals surface area contributed by atoms with Gasteiger partial charge in [0.05, 0.1) is 27.8 Å². The predicted octanol–water partition coefficient (Wildman–Crippen LogP) is 6.38. The molecule has 0 aliphatic carbocycles. The summed E-state index contributed by atoms with van der Waals surface area (Å²) in [4.78, 5) is 24.8. The van der Waals surface area contributed by atoms with Crippen LogP contribution in [-0.2, 0) is 6.42 Å². The maximum atomic E-state index is 12.5. The van der Waals surface area contributed by atoms with Gasteiger partial charge < -0.3 is 9.47 Å². The maximum absolute atomic E-state index is 12.5. The molecule has 5 nitrogen and oxygen atoms in total. The molecule has 162 valence electrons. The van der Waals surface area contributed by atoms with Crippen molar-refractivity contribution in [3.63, 3.8) is 0 Å². The highest BCUT2D eigenvalue weighted by Gasteiger charge is 2.15. The van der Waals surface area contributed by atoms with Crippen LogP contribution in [0.5, 0.6) is 11.5 Å². The van der Waals surface area contributed by atoms with Crippen LogP contribution in [0.25, 0.3) is 0 Å². The number of halogens is 1. The first-order chi connectivity index (χ1) is 15.5. The van der Waals surface area contributed by atoms with Gasteiger partial charge in [-0.1, -0.05) is 43.5 Å². The van der Waals surface area contributed by atoms with Gasteiger partial charge in [-0.3, -0.25) is 0 Å². The molecular weight excluding hydrogens is 426 g/mol. The zero-order valence-corrected chi connectivity index (χ0v) is 18.4. The lowest BCUT2D eigenvalue weighted by atomic mass is 10.1. The van der Waals surface area contributed by atoms with E-state index in [1.54, 1.807) is 24.3 Å². The van der Waals surface area contributed by atoms with Crippen LogP contribution in [0.15, 0.2) is 66.7 Å². The largest absolute Gasteiger partial charge is 0.423 e. The minimum Gasteiger partial charge on any atom is -0.423 e. The molecule has 0 N–H and O–H groups in total. The lowest BCUT2D eigenvalue weighted by molar-refractivity contribution is 0.0730. The van der Waals surface area contributed by atoms with Gasteiger partial charge in [-0.15, -0.1) is 0 Å². The van der Waals surface area contributed by atoms with Gasteiger partial charge in [-0.2, -0.15) is 5.26 Å². The number of rotatable bonds is 8. The van der Waals surface area contributed by atoms with E-state index in [1.165, 1.54) is 42.3 Å². The molecule has 0 amide bonds. The summed E-state index contributed by atoms with van der Waals surface area (Å²) in [5.74, 6) is -0.689. The zero-order valence-electron chi connectivity index (χ0n) is 17.6. The highest BCUT2D eigenvalue weighted by molar-refractivity contribution is 6.32. The molecule has 0 saturated carbocycles. The van der Waals surface area contributed by atoms with Crippen LogP contribution in [-0.4, -0.2) is 11.9 Å². The third kappa shape index (κ3) is 6.19. The van der Waals surface area contributed by atoms with Crippen LogP contribution in [0, 0.1) is 11.3 Å². The number of ether oxygens (including phenoxy) is 2. The quantitative estimate of drug-likeness (QED) is 0.227. The van der Waals surface area contributed by atoms with Gasteiger partial charge in [0.15, 0.2) is 0 Å². The Morgan fingerprint density at radius 3 is 2.16 bits per heavy atom. The number of esters is 2. The highest BCUT2D eigenvalue weighted by Crippen LogP contribution is 2.27. The average Bonchev–Trinajstić information content (AvgIpc) is 2.81. The molecule has 3 aromatic carbocycles. The average molecular weight is 448 g/mol. The molecule has 0 bridgehead atoms. The summed E-state index contributed by atoms with van der Waals surface area (Å²) in [7, 11) is 0. The van der Waals surface area contributed by atoms with E-state index in [1.807, 2.05) is 18.2 Å². The second kappa shape index (κ2) is 11.1. The molecule has 0 aliphatic rings. The Bertz CT molecular complexity index is 1130. The molecule has 6 heteroatoms. The van der Waals surface area contributed by atoms with Crippen molar-refractivity contribution in [1.82, 2.24) is 0 Å². The fourth-order valence-electron chi connectivity index (χ4n) is 3.02. The van der Waals surface area contributed by atoms with Crippen molar-refractivity contribution in [2.45, 2.75) is 32.6 Å². The van der Waals surface area contributed by atoms with Crippen LogP contribution in [0.3, 0.4) is 0 Å². The second-order valence-electron chi connectivity index (χ2n) is 7.21. The van der Waals surface area contributed by atoms with Crippen molar-refractivity contribution in [1.29, 1.82) is 5.26 Å². The Hall–Kier alpha value is -3.62. The SMILES string of the molecule is CCCCCc1ccc(C(=O)Oc2ccc(C(=O)Oc3ccc(C#N)cc3)cc2Cl)cc1. The molecule has 0 radical (unpaired) electrons. The van der Waals surface area contributed by atoms with Crippen molar-refractivity contribution in [3.05, 3.63) is 94.0 Å². The molecule has 0 unspecified atom stereocenters. The van der Waals surface area contributed by atoms with E-state index in [9.17, 15) is 9.59 Å². The first kappa shape index (κ1) is 23.1. The second-order valence-corrected chi connectivity index (χ2v) is 7.62. The van der Waals surface area contributed by atoms with Crippen molar-refractivity contribution >= 4 is 23.5 Å². The van der Waals surface area contributed by atoms with E-state index in [0.717, 1.165) is 19.3 Å². The lowest BCUT2D eigenvalue weighted by Gasteiger charge is -2.09. The molecular formula is C26H22ClNO4. The van der Waals surface area contributed by atoms with E-state index in [4.69, 9.17) is 26.3 Å². The van der Waals surface area contributed by atoms with E-state index < -0.39 is 11.9 Å². The maximum Gasteiger partial charge on any atom is 0.343 e. The number of nitriles is 1. The summed E-state index contributed by atoms with van der Waals surface area (Å²) in [6.07, 6.45) is 4.45. The summed E-state index contributed by atoms with van der Waals surface area (Å²) in [6, 6.07) is 19.8. The van der Waals surface area contributed by atoms with Crippen molar-refractivity contribution < 1.29 is 19.1 Å². The van der Waals surface area contributed by atoms with Crippen molar-refractivity contribution in [3.8, 4) is 17.6 Å². The number of carbonyl (C=O) groups is 2. The molecule has 0 heterocycles. The monoisotopic (exact) mass is 447 g/mol. The zero-order chi connectivity index (χ0) is 22.9. The van der Waals surface area contributed by atoms with Crippen LogP contribution in [0.1, 0.15) is 58.0 Å². The number of benzene rings is 3. The van der Waals surface area contributed by atoms with Crippen LogP contribution >= 0.6 is 11.6 Å². The number of unbranched alkanes of at least 4 members (excludes halogenated alkanes) is 2. The molecule has 32 heavy (non-hydrogen) atoms. The predicted molar refractivity (Wildman–Crippen MR) is 122 cm³/mol. The molecule has 0 fully saturated rings. The van der Waals surface area contributed by atoms with E-state index in [-0.39, 0.29) is 16.3 Å². The Balaban J connectivity index is 1.62. The summed E-state index contributed by atoms with van der Waals surface area (Å²) in [5, 5.41) is 8.94. The molecule has 3 rings (SSSR count). The Kier molecular flexibility index (Phi) is 8.02. The lowest BCUT2D eigenvalue weighted by Crippen LogP contribution is -2.11. The summed E-state index contributed by atoms with van der Waals surface area (Å²) in [5.41, 5.74) is 2.27. The summed E-state index contributed by atoms with van der Waals surface area (Å²) >= 11 is 6.22. The summed E-state index contributed by atoms with van der Waals surface area (Å²) < 4.78 is 10.7. The van der Waals surface area contributed by atoms with E-state index in [2.05, 4.69) is 6.92 Å². The van der Waals surface area contributed by atoms with Gasteiger partial charge >= 0.3 is 11.9 Å². The standard InChI is InChI=1S/C26H22ClNO4/c1-2-3-4-5-18-6-10-20(11-7-18)25(29)32-24-15-12-21(16-23(24)27)26(30)31-22-13-8-19(17-28)9-14-22/h6-16H,2-5H2,1H3. The third-order valence-corrected chi connectivity index (χ3v) is 5.12. The minimum absolute atomic E-state index is 0.115. The van der Waals surface area contributed by atoms with Crippen molar-refractivity contribution in [2.24, 2.45) is 0 Å². The smallest absolute Gasteiger partial charge is 0.343 e. The normalized spacial score (nSPS) is 10.3. The third-order valence-electron chi connectivity index (χ3n) is 4.82. The molecule has 0 spiro atoms. The highest BCUT2D eigenvalue weighted by atomic mass is 35.5. The first-order valence-corrected chi connectivity index (χ1v) is 10.7.